The van der Waals surface area contributed by atoms with Crippen LogP contribution in [0.5, 0.6) is 5.75 Å². The van der Waals surface area contributed by atoms with Crippen LogP contribution in [-0.4, -0.2) is 30.5 Å². The molecule has 2 amide bonds. The van der Waals surface area contributed by atoms with Crippen LogP contribution in [0.15, 0.2) is 48.5 Å². The normalized spacial score (nSPS) is 11.4. The van der Waals surface area contributed by atoms with Crippen LogP contribution in [0, 0.1) is 0 Å². The summed E-state index contributed by atoms with van der Waals surface area (Å²) >= 11 is 0. The monoisotopic (exact) mass is 384 g/mol. The molecule has 148 valence electrons. The zero-order valence-electron chi connectivity index (χ0n) is 15.9. The highest BCUT2D eigenvalue weighted by Crippen LogP contribution is 2.15. The Hall–Kier alpha value is -3.35. The van der Waals surface area contributed by atoms with Gasteiger partial charge in [-0.05, 0) is 61.9 Å². The quantitative estimate of drug-likeness (QED) is 0.510. The highest BCUT2D eigenvalue weighted by atomic mass is 16.5. The molecule has 2 aromatic rings. The third-order valence-electron chi connectivity index (χ3n) is 3.95. The van der Waals surface area contributed by atoms with E-state index in [2.05, 4.69) is 12.2 Å². The van der Waals surface area contributed by atoms with E-state index in [1.165, 1.54) is 19.1 Å². The van der Waals surface area contributed by atoms with Gasteiger partial charge < -0.3 is 20.5 Å². The minimum Gasteiger partial charge on any atom is -0.494 e. The molecule has 0 aliphatic carbocycles. The molecule has 2 rings (SSSR count). The summed E-state index contributed by atoms with van der Waals surface area (Å²) < 4.78 is 10.7. The SMILES string of the molecule is CCCCOc1ccc(C(=O)O[C@@H](C)C(=O)Nc2ccc(C(N)=O)cc2)cc1. The summed E-state index contributed by atoms with van der Waals surface area (Å²) in [7, 11) is 0. The average Bonchev–Trinajstić information content (AvgIpc) is 2.69. The number of nitrogens with two attached hydrogens (primary N) is 1. The second kappa shape index (κ2) is 10.1. The van der Waals surface area contributed by atoms with Crippen molar-refractivity contribution >= 4 is 23.5 Å². The van der Waals surface area contributed by atoms with E-state index in [-0.39, 0.29) is 0 Å². The van der Waals surface area contributed by atoms with Crippen molar-refractivity contribution in [1.29, 1.82) is 0 Å². The number of nitrogens with one attached hydrogen (secondary N) is 1. The van der Waals surface area contributed by atoms with Gasteiger partial charge in [-0.1, -0.05) is 13.3 Å². The van der Waals surface area contributed by atoms with Crippen molar-refractivity contribution < 1.29 is 23.9 Å². The number of ether oxygens (including phenoxy) is 2. The summed E-state index contributed by atoms with van der Waals surface area (Å²) in [5.74, 6) is -0.969. The van der Waals surface area contributed by atoms with Crippen molar-refractivity contribution in [2.24, 2.45) is 5.73 Å². The Morgan fingerprint density at radius 3 is 2.18 bits per heavy atom. The van der Waals surface area contributed by atoms with Crippen LogP contribution < -0.4 is 15.8 Å². The predicted octanol–water partition coefficient (Wildman–Crippen LogP) is 3.15. The van der Waals surface area contributed by atoms with E-state index in [0.29, 0.717) is 29.2 Å². The van der Waals surface area contributed by atoms with E-state index in [0.717, 1.165) is 12.8 Å². The van der Waals surface area contributed by atoms with Crippen molar-refractivity contribution in [3.8, 4) is 5.75 Å². The molecule has 28 heavy (non-hydrogen) atoms. The first kappa shape index (κ1) is 21.0. The van der Waals surface area contributed by atoms with Gasteiger partial charge in [0.15, 0.2) is 6.10 Å². The Morgan fingerprint density at radius 1 is 1.00 bits per heavy atom. The average molecular weight is 384 g/mol. The second-order valence-electron chi connectivity index (χ2n) is 6.20. The molecule has 0 heterocycles. The van der Waals surface area contributed by atoms with Crippen molar-refractivity contribution in [3.05, 3.63) is 59.7 Å². The largest absolute Gasteiger partial charge is 0.494 e. The topological polar surface area (TPSA) is 108 Å². The summed E-state index contributed by atoms with van der Waals surface area (Å²) in [6.07, 6.45) is 1.00. The minimum atomic E-state index is -0.996. The van der Waals surface area contributed by atoms with Gasteiger partial charge in [-0.3, -0.25) is 9.59 Å². The first-order valence-corrected chi connectivity index (χ1v) is 9.05. The maximum atomic E-state index is 12.2. The Morgan fingerprint density at radius 2 is 1.61 bits per heavy atom. The molecule has 0 spiro atoms. The smallest absolute Gasteiger partial charge is 0.338 e. The first-order valence-electron chi connectivity index (χ1n) is 9.05. The van der Waals surface area contributed by atoms with Gasteiger partial charge in [0, 0.05) is 11.3 Å². The molecular weight excluding hydrogens is 360 g/mol. The molecule has 3 N–H and O–H groups in total. The van der Waals surface area contributed by atoms with Crippen LogP contribution in [-0.2, 0) is 9.53 Å². The lowest BCUT2D eigenvalue weighted by Gasteiger charge is -2.14. The molecule has 1 atom stereocenters. The van der Waals surface area contributed by atoms with Gasteiger partial charge >= 0.3 is 5.97 Å². The molecule has 0 aromatic heterocycles. The third kappa shape index (κ3) is 6.12. The molecular formula is C21H24N2O5. The molecule has 7 heteroatoms. The standard InChI is InChI=1S/C21H24N2O5/c1-3-4-13-27-18-11-7-16(8-12-18)21(26)28-14(2)20(25)23-17-9-5-15(6-10-17)19(22)24/h5-12,14H,3-4,13H2,1-2H3,(H2,22,24)(H,23,25)/t14-/m0/s1. The summed E-state index contributed by atoms with van der Waals surface area (Å²) in [6, 6.07) is 12.7. The van der Waals surface area contributed by atoms with E-state index in [1.807, 2.05) is 0 Å². The fourth-order valence-corrected chi connectivity index (χ4v) is 2.27. The summed E-state index contributed by atoms with van der Waals surface area (Å²) in [5, 5.41) is 2.61. The Labute approximate surface area is 163 Å². The third-order valence-corrected chi connectivity index (χ3v) is 3.95. The van der Waals surface area contributed by atoms with Crippen molar-refractivity contribution in [2.45, 2.75) is 32.8 Å². The zero-order chi connectivity index (χ0) is 20.5. The number of benzene rings is 2. The lowest BCUT2D eigenvalue weighted by Crippen LogP contribution is -2.30. The molecule has 0 unspecified atom stereocenters. The van der Waals surface area contributed by atoms with Crippen LogP contribution in [0.3, 0.4) is 0 Å². The van der Waals surface area contributed by atoms with E-state index < -0.39 is 23.9 Å². The molecule has 0 radical (unpaired) electrons. The van der Waals surface area contributed by atoms with Crippen LogP contribution in [0.25, 0.3) is 0 Å². The van der Waals surface area contributed by atoms with Crippen molar-refractivity contribution in [2.75, 3.05) is 11.9 Å². The number of hydrogen-bond donors (Lipinski definition) is 2. The predicted molar refractivity (Wildman–Crippen MR) is 105 cm³/mol. The van der Waals surface area contributed by atoms with Gasteiger partial charge in [-0.25, -0.2) is 4.79 Å². The Kier molecular flexibility index (Phi) is 7.56. The summed E-state index contributed by atoms with van der Waals surface area (Å²) in [5.41, 5.74) is 6.30. The Bertz CT molecular complexity index is 816. The van der Waals surface area contributed by atoms with E-state index in [1.54, 1.807) is 36.4 Å². The maximum Gasteiger partial charge on any atom is 0.338 e. The number of primary amides is 1. The zero-order valence-corrected chi connectivity index (χ0v) is 15.9. The summed E-state index contributed by atoms with van der Waals surface area (Å²) in [4.78, 5) is 35.5. The van der Waals surface area contributed by atoms with Gasteiger partial charge in [0.2, 0.25) is 5.91 Å². The fraction of sp³-hybridized carbons (Fsp3) is 0.286. The number of amides is 2. The first-order chi connectivity index (χ1) is 13.4. The highest BCUT2D eigenvalue weighted by molar-refractivity contribution is 5.98. The van der Waals surface area contributed by atoms with Gasteiger partial charge in [-0.2, -0.15) is 0 Å². The molecule has 0 aliphatic heterocycles. The second-order valence-corrected chi connectivity index (χ2v) is 6.20. The molecule has 7 nitrogen and oxygen atoms in total. The number of carbonyl (C=O) groups excluding carboxylic acids is 3. The fourth-order valence-electron chi connectivity index (χ4n) is 2.27. The van der Waals surface area contributed by atoms with E-state index >= 15 is 0 Å². The molecule has 0 aliphatic rings. The van der Waals surface area contributed by atoms with E-state index in [9.17, 15) is 14.4 Å². The number of hydrogen-bond acceptors (Lipinski definition) is 5. The molecule has 0 saturated heterocycles. The highest BCUT2D eigenvalue weighted by Gasteiger charge is 2.19. The van der Waals surface area contributed by atoms with Crippen LogP contribution in [0.1, 0.15) is 47.4 Å². The van der Waals surface area contributed by atoms with Gasteiger partial charge in [0.05, 0.1) is 12.2 Å². The number of carbonyl (C=O) groups is 3. The minimum absolute atomic E-state index is 0.327. The number of esters is 1. The number of anilines is 1. The maximum absolute atomic E-state index is 12.2. The lowest BCUT2D eigenvalue weighted by molar-refractivity contribution is -0.123. The Balaban J connectivity index is 1.88. The molecule has 0 bridgehead atoms. The van der Waals surface area contributed by atoms with Crippen LogP contribution in [0.2, 0.25) is 0 Å². The van der Waals surface area contributed by atoms with Gasteiger partial charge in [-0.15, -0.1) is 0 Å². The van der Waals surface area contributed by atoms with Crippen LogP contribution >= 0.6 is 0 Å². The molecule has 2 aromatic carbocycles. The van der Waals surface area contributed by atoms with Gasteiger partial charge in [0.25, 0.3) is 5.91 Å². The molecule has 0 fully saturated rings. The molecule has 0 saturated carbocycles. The number of rotatable bonds is 9. The van der Waals surface area contributed by atoms with Crippen molar-refractivity contribution in [1.82, 2.24) is 0 Å². The lowest BCUT2D eigenvalue weighted by atomic mass is 10.2. The summed E-state index contributed by atoms with van der Waals surface area (Å²) in [6.45, 7) is 4.18. The van der Waals surface area contributed by atoms with E-state index in [4.69, 9.17) is 15.2 Å². The van der Waals surface area contributed by atoms with Gasteiger partial charge in [0.1, 0.15) is 5.75 Å². The van der Waals surface area contributed by atoms with Crippen molar-refractivity contribution in [3.63, 3.8) is 0 Å². The van der Waals surface area contributed by atoms with Crippen LogP contribution in [0.4, 0.5) is 5.69 Å². The number of unbranched alkanes of at least 4 members (excludes halogenated alkanes) is 1.